The molecule has 0 bridgehead atoms. The van der Waals surface area contributed by atoms with Crippen molar-refractivity contribution in [3.05, 3.63) is 23.3 Å². The third-order valence-corrected chi connectivity index (χ3v) is 1.87. The summed E-state index contributed by atoms with van der Waals surface area (Å²) in [7, 11) is 0. The number of esters is 1. The molecule has 0 unspecified atom stereocenters. The van der Waals surface area contributed by atoms with Crippen LogP contribution in [-0.2, 0) is 10.7 Å². The number of rotatable bonds is 3. The van der Waals surface area contributed by atoms with Crippen molar-refractivity contribution in [2.24, 2.45) is 0 Å². The molecule has 0 spiro atoms. The highest BCUT2D eigenvalue weighted by Crippen LogP contribution is 2.23. The van der Waals surface area contributed by atoms with Crippen LogP contribution in [0.15, 0.2) is 6.20 Å². The first-order valence-corrected chi connectivity index (χ1v) is 4.75. The Morgan fingerprint density at radius 1 is 1.56 bits per heavy atom. The second kappa shape index (κ2) is 4.51. The molecule has 0 fully saturated rings. The average molecular weight is 230 g/mol. The van der Waals surface area contributed by atoms with Crippen molar-refractivity contribution < 1.29 is 18.3 Å². The molecular formula is C10H12F2N2O2. The predicted octanol–water partition coefficient (Wildman–Crippen LogP) is 2.07. The largest absolute Gasteiger partial charge is 0.462 e. The highest BCUT2D eigenvalue weighted by atomic mass is 19.3. The lowest BCUT2D eigenvalue weighted by Gasteiger charge is -2.10. The summed E-state index contributed by atoms with van der Waals surface area (Å²) in [6.45, 7) is 4.03. The zero-order valence-corrected chi connectivity index (χ0v) is 9.25. The molecule has 6 heteroatoms. The number of hydrogen-bond acceptors (Lipinski definition) is 4. The van der Waals surface area contributed by atoms with Crippen molar-refractivity contribution in [1.29, 1.82) is 0 Å². The molecule has 88 valence electrons. The Hall–Kier alpha value is -1.59. The van der Waals surface area contributed by atoms with E-state index < -0.39 is 17.7 Å². The zero-order chi connectivity index (χ0) is 12.3. The molecule has 1 aromatic rings. The number of halogens is 2. The molecule has 0 atom stereocenters. The number of aromatic nitrogens is 2. The SMILES string of the molecule is CCOC(=O)c1cnc(C(C)(F)F)nc1C. The zero-order valence-electron chi connectivity index (χ0n) is 9.25. The van der Waals surface area contributed by atoms with Crippen molar-refractivity contribution >= 4 is 5.97 Å². The van der Waals surface area contributed by atoms with Gasteiger partial charge in [0.1, 0.15) is 0 Å². The first-order valence-electron chi connectivity index (χ1n) is 4.75. The van der Waals surface area contributed by atoms with E-state index in [-0.39, 0.29) is 17.9 Å². The lowest BCUT2D eigenvalue weighted by atomic mass is 10.2. The molecule has 0 aliphatic rings. The van der Waals surface area contributed by atoms with Gasteiger partial charge in [-0.1, -0.05) is 0 Å². The van der Waals surface area contributed by atoms with Gasteiger partial charge in [0, 0.05) is 13.1 Å². The third-order valence-electron chi connectivity index (χ3n) is 1.87. The van der Waals surface area contributed by atoms with Gasteiger partial charge in [0.15, 0.2) is 5.82 Å². The smallest absolute Gasteiger partial charge is 0.341 e. The number of nitrogens with zero attached hydrogens (tertiary/aromatic N) is 2. The summed E-state index contributed by atoms with van der Waals surface area (Å²) in [6, 6.07) is 0. The highest BCUT2D eigenvalue weighted by molar-refractivity contribution is 5.90. The number of carbonyl (C=O) groups excluding carboxylic acids is 1. The monoisotopic (exact) mass is 230 g/mol. The number of alkyl halides is 2. The molecule has 0 N–H and O–H groups in total. The minimum atomic E-state index is -3.11. The Morgan fingerprint density at radius 3 is 2.62 bits per heavy atom. The fourth-order valence-electron chi connectivity index (χ4n) is 1.09. The van der Waals surface area contributed by atoms with E-state index in [1.165, 1.54) is 6.92 Å². The molecule has 0 saturated heterocycles. The maximum absolute atomic E-state index is 12.9. The number of carbonyl (C=O) groups is 1. The summed E-state index contributed by atoms with van der Waals surface area (Å²) in [5.74, 6) is -4.32. The van der Waals surface area contributed by atoms with Crippen molar-refractivity contribution in [2.45, 2.75) is 26.7 Å². The highest BCUT2D eigenvalue weighted by Gasteiger charge is 2.29. The molecule has 0 aliphatic heterocycles. The van der Waals surface area contributed by atoms with Crippen LogP contribution in [-0.4, -0.2) is 22.5 Å². The van der Waals surface area contributed by atoms with E-state index in [4.69, 9.17) is 4.74 Å². The van der Waals surface area contributed by atoms with Gasteiger partial charge in [-0.25, -0.2) is 14.8 Å². The number of hydrogen-bond donors (Lipinski definition) is 0. The predicted molar refractivity (Wildman–Crippen MR) is 52.3 cm³/mol. The van der Waals surface area contributed by atoms with E-state index in [0.717, 1.165) is 6.20 Å². The maximum Gasteiger partial charge on any atom is 0.341 e. The van der Waals surface area contributed by atoms with E-state index in [0.29, 0.717) is 6.92 Å². The Bertz CT molecular complexity index is 402. The normalized spacial score (nSPS) is 11.3. The van der Waals surface area contributed by atoms with Gasteiger partial charge in [-0.15, -0.1) is 0 Å². The summed E-state index contributed by atoms with van der Waals surface area (Å²) >= 11 is 0. The molecule has 0 saturated carbocycles. The Kier molecular flexibility index (Phi) is 3.51. The maximum atomic E-state index is 12.9. The minimum Gasteiger partial charge on any atom is -0.462 e. The fourth-order valence-corrected chi connectivity index (χ4v) is 1.09. The van der Waals surface area contributed by atoms with Crippen LogP contribution in [0.4, 0.5) is 8.78 Å². The second-order valence-corrected chi connectivity index (χ2v) is 3.30. The third kappa shape index (κ3) is 2.71. The van der Waals surface area contributed by atoms with Gasteiger partial charge < -0.3 is 4.74 Å². The molecule has 0 amide bonds. The standard InChI is InChI=1S/C10H12F2N2O2/c1-4-16-8(15)7-5-13-9(10(3,11)12)14-6(7)2/h5H,4H2,1-3H3. The molecule has 1 aromatic heterocycles. The molecule has 0 aliphatic carbocycles. The van der Waals surface area contributed by atoms with Crippen molar-refractivity contribution in [2.75, 3.05) is 6.61 Å². The van der Waals surface area contributed by atoms with Crippen LogP contribution >= 0.6 is 0 Å². The first-order chi connectivity index (χ1) is 7.36. The summed E-state index contributed by atoms with van der Waals surface area (Å²) in [5, 5.41) is 0. The van der Waals surface area contributed by atoms with Gasteiger partial charge in [-0.2, -0.15) is 8.78 Å². The lowest BCUT2D eigenvalue weighted by Crippen LogP contribution is -2.16. The van der Waals surface area contributed by atoms with Crippen LogP contribution in [0.1, 0.15) is 35.7 Å². The van der Waals surface area contributed by atoms with Crippen LogP contribution in [0.5, 0.6) is 0 Å². The molecule has 0 aromatic carbocycles. The van der Waals surface area contributed by atoms with E-state index >= 15 is 0 Å². The van der Waals surface area contributed by atoms with E-state index in [2.05, 4.69) is 9.97 Å². The van der Waals surface area contributed by atoms with Gasteiger partial charge in [0.25, 0.3) is 0 Å². The van der Waals surface area contributed by atoms with Gasteiger partial charge in [-0.05, 0) is 13.8 Å². The Balaban J connectivity index is 3.05. The van der Waals surface area contributed by atoms with Crippen LogP contribution in [0.3, 0.4) is 0 Å². The van der Waals surface area contributed by atoms with Gasteiger partial charge in [0.05, 0.1) is 17.9 Å². The Morgan fingerprint density at radius 2 is 2.19 bits per heavy atom. The van der Waals surface area contributed by atoms with Crippen LogP contribution in [0.2, 0.25) is 0 Å². The molecule has 4 nitrogen and oxygen atoms in total. The quantitative estimate of drug-likeness (QED) is 0.746. The summed E-state index contributed by atoms with van der Waals surface area (Å²) in [6.07, 6.45) is 1.06. The molecule has 16 heavy (non-hydrogen) atoms. The van der Waals surface area contributed by atoms with E-state index in [1.807, 2.05) is 0 Å². The first kappa shape index (κ1) is 12.5. The molecule has 1 heterocycles. The summed E-state index contributed by atoms with van der Waals surface area (Å²) in [4.78, 5) is 18.4. The van der Waals surface area contributed by atoms with Crippen molar-refractivity contribution in [1.82, 2.24) is 9.97 Å². The van der Waals surface area contributed by atoms with Gasteiger partial charge in [-0.3, -0.25) is 0 Å². The van der Waals surface area contributed by atoms with Crippen molar-refractivity contribution in [3.63, 3.8) is 0 Å². The molecule has 1 rings (SSSR count). The Labute approximate surface area is 91.7 Å². The minimum absolute atomic E-state index is 0.106. The van der Waals surface area contributed by atoms with E-state index in [9.17, 15) is 13.6 Å². The van der Waals surface area contributed by atoms with E-state index in [1.54, 1.807) is 6.92 Å². The average Bonchev–Trinajstić information content (AvgIpc) is 2.16. The topological polar surface area (TPSA) is 52.1 Å². The molecular weight excluding hydrogens is 218 g/mol. The fraction of sp³-hybridized carbons (Fsp3) is 0.500. The number of ether oxygens (including phenoxy) is 1. The van der Waals surface area contributed by atoms with Crippen LogP contribution in [0, 0.1) is 6.92 Å². The molecule has 0 radical (unpaired) electrons. The van der Waals surface area contributed by atoms with Crippen LogP contribution in [0.25, 0.3) is 0 Å². The second-order valence-electron chi connectivity index (χ2n) is 3.30. The summed E-state index contributed by atoms with van der Waals surface area (Å²) in [5.41, 5.74) is 0.292. The lowest BCUT2D eigenvalue weighted by molar-refractivity contribution is 0.00727. The van der Waals surface area contributed by atoms with Crippen molar-refractivity contribution in [3.8, 4) is 0 Å². The van der Waals surface area contributed by atoms with Crippen LogP contribution < -0.4 is 0 Å². The van der Waals surface area contributed by atoms with Gasteiger partial charge in [0.2, 0.25) is 0 Å². The summed E-state index contributed by atoms with van der Waals surface area (Å²) < 4.78 is 30.5. The number of aryl methyl sites for hydroxylation is 1. The van der Waals surface area contributed by atoms with Gasteiger partial charge >= 0.3 is 11.9 Å².